The van der Waals surface area contributed by atoms with Crippen LogP contribution in [0.3, 0.4) is 0 Å². The number of nitrogens with zero attached hydrogens (tertiary/aromatic N) is 2. The summed E-state index contributed by atoms with van der Waals surface area (Å²) in [6, 6.07) is 16.8. The number of β-amino-alcohol motifs (C(OH)–C–C–N with tert-alkyl or cyclic N) is 1. The third kappa shape index (κ3) is 6.65. The van der Waals surface area contributed by atoms with E-state index in [-0.39, 0.29) is 37.5 Å². The van der Waals surface area contributed by atoms with Crippen LogP contribution in [-0.4, -0.2) is 72.4 Å². The summed E-state index contributed by atoms with van der Waals surface area (Å²) in [6.07, 6.45) is 4.53. The molecule has 188 valence electrons. The van der Waals surface area contributed by atoms with E-state index in [1.807, 2.05) is 54.7 Å². The van der Waals surface area contributed by atoms with Crippen LogP contribution < -0.4 is 21.5 Å². The largest absolute Gasteiger partial charge is 0.396 e. The van der Waals surface area contributed by atoms with Gasteiger partial charge in [0.15, 0.2) is 0 Å². The Kier molecular flexibility index (Phi) is 9.21. The standard InChI is InChI=1S/C26H36N6O3/c33-15-11-23(19-5-2-1-3-6-19)29-26(35)21-7-4-8-22(17-21)28-18-24-30-31-25(32(24)14-16-34)20-9-12-27-13-10-20/h1-8,12,17,20,23-25,28,30-31,33-34H,9-11,13-16,18H2,(H,29,35)/t20?,23-,24?,25?/m0/s1. The van der Waals surface area contributed by atoms with Crippen LogP contribution in [0, 0.1) is 5.92 Å². The summed E-state index contributed by atoms with van der Waals surface area (Å²) in [4.78, 5) is 19.6. The average molecular weight is 481 g/mol. The van der Waals surface area contributed by atoms with Crippen LogP contribution >= 0.6 is 0 Å². The number of carbonyl (C=O) groups is 1. The van der Waals surface area contributed by atoms with Crippen LogP contribution in [-0.2, 0) is 0 Å². The van der Waals surface area contributed by atoms with Crippen LogP contribution in [0.5, 0.6) is 0 Å². The first-order chi connectivity index (χ1) is 17.2. The monoisotopic (exact) mass is 480 g/mol. The second-order valence-corrected chi connectivity index (χ2v) is 8.99. The minimum atomic E-state index is -0.257. The summed E-state index contributed by atoms with van der Waals surface area (Å²) in [5.41, 5.74) is 9.13. The molecule has 4 atom stereocenters. The molecule has 3 unspecified atom stereocenters. The molecule has 1 fully saturated rings. The molecule has 2 aromatic carbocycles. The number of aliphatic hydroxyl groups excluding tert-OH is 2. The molecule has 2 aliphatic heterocycles. The third-order valence-electron chi connectivity index (χ3n) is 6.68. The smallest absolute Gasteiger partial charge is 0.251 e. The fourth-order valence-corrected chi connectivity index (χ4v) is 4.82. The molecule has 0 spiro atoms. The Labute approximate surface area is 206 Å². The molecule has 2 aliphatic rings. The zero-order chi connectivity index (χ0) is 24.5. The maximum absolute atomic E-state index is 13.0. The lowest BCUT2D eigenvalue weighted by molar-refractivity contribution is 0.0930. The van der Waals surface area contributed by atoms with Crippen molar-refractivity contribution < 1.29 is 15.0 Å². The Bertz CT molecular complexity index is 973. The van der Waals surface area contributed by atoms with E-state index in [0.29, 0.717) is 31.0 Å². The van der Waals surface area contributed by atoms with Gasteiger partial charge in [-0.15, -0.1) is 0 Å². The zero-order valence-electron chi connectivity index (χ0n) is 19.9. The molecule has 0 bridgehead atoms. The molecule has 9 heteroatoms. The minimum absolute atomic E-state index is 0.00415. The molecule has 0 saturated carbocycles. The van der Waals surface area contributed by atoms with Crippen LogP contribution in [0.25, 0.3) is 0 Å². The third-order valence-corrected chi connectivity index (χ3v) is 6.68. The molecule has 2 heterocycles. The highest BCUT2D eigenvalue weighted by Crippen LogP contribution is 2.24. The normalized spacial score (nSPS) is 23.2. The summed E-state index contributed by atoms with van der Waals surface area (Å²) < 4.78 is 0. The van der Waals surface area contributed by atoms with Crippen LogP contribution in [0.2, 0.25) is 0 Å². The number of rotatable bonds is 11. The SMILES string of the molecule is O=C(N[C@@H](CCO)c1ccccc1)c1cccc(NCC2NNC(C3CC=NCC3)N2CCO)c1. The van der Waals surface area contributed by atoms with Gasteiger partial charge in [-0.05, 0) is 55.2 Å². The highest BCUT2D eigenvalue weighted by molar-refractivity contribution is 5.95. The Hall–Kier alpha value is -2.82. The zero-order valence-corrected chi connectivity index (χ0v) is 19.9. The van der Waals surface area contributed by atoms with E-state index in [9.17, 15) is 15.0 Å². The van der Waals surface area contributed by atoms with Gasteiger partial charge in [0.2, 0.25) is 0 Å². The molecule has 1 saturated heterocycles. The van der Waals surface area contributed by atoms with E-state index in [4.69, 9.17) is 0 Å². The van der Waals surface area contributed by atoms with Gasteiger partial charge in [0.05, 0.1) is 25.0 Å². The number of nitrogens with one attached hydrogen (secondary N) is 4. The summed E-state index contributed by atoms with van der Waals surface area (Å²) in [6.45, 7) is 2.09. The van der Waals surface area contributed by atoms with Gasteiger partial charge in [0, 0.05) is 37.5 Å². The second-order valence-electron chi connectivity index (χ2n) is 8.99. The van der Waals surface area contributed by atoms with Gasteiger partial charge >= 0.3 is 0 Å². The number of aliphatic hydroxyl groups is 2. The van der Waals surface area contributed by atoms with Crippen LogP contribution in [0.15, 0.2) is 59.6 Å². The Morgan fingerprint density at radius 2 is 1.97 bits per heavy atom. The molecular weight excluding hydrogens is 444 g/mol. The van der Waals surface area contributed by atoms with Gasteiger partial charge in [-0.1, -0.05) is 36.4 Å². The predicted octanol–water partition coefficient (Wildman–Crippen LogP) is 1.49. The first-order valence-electron chi connectivity index (χ1n) is 12.4. The number of hydrazine groups is 1. The molecule has 1 amide bonds. The average Bonchev–Trinajstić information content (AvgIpc) is 3.31. The van der Waals surface area contributed by atoms with Gasteiger partial charge in [0.1, 0.15) is 0 Å². The quantitative estimate of drug-likeness (QED) is 0.288. The Balaban J connectivity index is 1.37. The maximum Gasteiger partial charge on any atom is 0.251 e. The van der Waals surface area contributed by atoms with Crippen molar-refractivity contribution in [3.63, 3.8) is 0 Å². The molecular formula is C26H36N6O3. The van der Waals surface area contributed by atoms with Crippen LogP contribution in [0.4, 0.5) is 5.69 Å². The number of hydrogen-bond acceptors (Lipinski definition) is 8. The van der Waals surface area contributed by atoms with Gasteiger partial charge in [0.25, 0.3) is 5.91 Å². The summed E-state index contributed by atoms with van der Waals surface area (Å²) in [7, 11) is 0. The van der Waals surface area contributed by atoms with Crippen molar-refractivity contribution in [2.24, 2.45) is 10.9 Å². The van der Waals surface area contributed by atoms with Crippen molar-refractivity contribution in [2.75, 3.05) is 38.2 Å². The highest BCUT2D eigenvalue weighted by Gasteiger charge is 2.37. The second kappa shape index (κ2) is 12.8. The molecule has 0 radical (unpaired) electrons. The first-order valence-corrected chi connectivity index (χ1v) is 12.4. The molecule has 0 aromatic heterocycles. The Morgan fingerprint density at radius 1 is 1.11 bits per heavy atom. The van der Waals surface area contributed by atoms with Gasteiger partial charge < -0.3 is 20.8 Å². The van der Waals surface area contributed by atoms with Crippen molar-refractivity contribution in [2.45, 2.75) is 37.6 Å². The molecule has 6 N–H and O–H groups in total. The maximum atomic E-state index is 13.0. The molecule has 0 aliphatic carbocycles. The van der Waals surface area contributed by atoms with Crippen molar-refractivity contribution in [1.82, 2.24) is 21.1 Å². The van der Waals surface area contributed by atoms with Crippen molar-refractivity contribution >= 4 is 17.8 Å². The molecule has 2 aromatic rings. The van der Waals surface area contributed by atoms with Gasteiger partial charge in [-0.2, -0.15) is 0 Å². The van der Waals surface area contributed by atoms with Crippen LogP contribution in [0.1, 0.15) is 41.2 Å². The van der Waals surface area contributed by atoms with Crippen molar-refractivity contribution in [1.29, 1.82) is 0 Å². The Morgan fingerprint density at radius 3 is 2.71 bits per heavy atom. The topological polar surface area (TPSA) is 121 Å². The first kappa shape index (κ1) is 25.3. The summed E-state index contributed by atoms with van der Waals surface area (Å²) in [5, 5.41) is 25.6. The van der Waals surface area contributed by atoms with Gasteiger partial charge in [-0.3, -0.25) is 14.7 Å². The minimum Gasteiger partial charge on any atom is -0.396 e. The summed E-state index contributed by atoms with van der Waals surface area (Å²) in [5.74, 6) is 0.262. The molecule has 35 heavy (non-hydrogen) atoms. The lowest BCUT2D eigenvalue weighted by Gasteiger charge is -2.33. The lowest BCUT2D eigenvalue weighted by Crippen LogP contribution is -2.48. The van der Waals surface area contributed by atoms with E-state index in [1.54, 1.807) is 6.07 Å². The fraction of sp³-hybridized carbons (Fsp3) is 0.462. The van der Waals surface area contributed by atoms with E-state index in [1.165, 1.54) is 0 Å². The number of amides is 1. The van der Waals surface area contributed by atoms with E-state index in [2.05, 4.69) is 31.4 Å². The lowest BCUT2D eigenvalue weighted by atomic mass is 9.96. The van der Waals surface area contributed by atoms with E-state index >= 15 is 0 Å². The van der Waals surface area contributed by atoms with Crippen molar-refractivity contribution in [3.05, 3.63) is 65.7 Å². The van der Waals surface area contributed by atoms with Gasteiger partial charge in [-0.25, -0.2) is 10.9 Å². The number of carbonyl (C=O) groups excluding carboxylic acids is 1. The number of benzene rings is 2. The predicted molar refractivity (Wildman–Crippen MR) is 137 cm³/mol. The number of aliphatic imine (C=N–C) groups is 1. The fourth-order valence-electron chi connectivity index (χ4n) is 4.82. The molecule has 9 nitrogen and oxygen atoms in total. The van der Waals surface area contributed by atoms with E-state index < -0.39 is 0 Å². The number of hydrogen-bond donors (Lipinski definition) is 6. The summed E-state index contributed by atoms with van der Waals surface area (Å²) >= 11 is 0. The van der Waals surface area contributed by atoms with E-state index in [0.717, 1.165) is 30.6 Å². The highest BCUT2D eigenvalue weighted by atomic mass is 16.3. The van der Waals surface area contributed by atoms with Crippen molar-refractivity contribution in [3.8, 4) is 0 Å². The molecule has 4 rings (SSSR count). The number of anilines is 1.